The summed E-state index contributed by atoms with van der Waals surface area (Å²) in [4.78, 5) is 29.2. The number of benzene rings is 1. The number of aromatic nitrogens is 2. The van der Waals surface area contributed by atoms with Crippen molar-refractivity contribution in [3.63, 3.8) is 0 Å². The van der Waals surface area contributed by atoms with Crippen molar-refractivity contribution in [2.45, 2.75) is 51.5 Å². The normalized spacial score (nSPS) is 14.3. The fraction of sp³-hybridized carbons (Fsp3) is 0.375. The first kappa shape index (κ1) is 21.3. The molecule has 2 amide bonds. The number of nitrogens with zero attached hydrogens (tertiary/aromatic N) is 2. The van der Waals surface area contributed by atoms with Crippen LogP contribution in [0.4, 0.5) is 5.13 Å². The van der Waals surface area contributed by atoms with Crippen molar-refractivity contribution in [2.75, 3.05) is 11.9 Å². The van der Waals surface area contributed by atoms with E-state index in [0.29, 0.717) is 10.7 Å². The minimum atomic E-state index is -0.292. The lowest BCUT2D eigenvalue weighted by molar-refractivity contribution is -0.115. The van der Waals surface area contributed by atoms with Gasteiger partial charge in [0.1, 0.15) is 0 Å². The summed E-state index contributed by atoms with van der Waals surface area (Å²) in [6.07, 6.45) is 9.76. The van der Waals surface area contributed by atoms with Gasteiger partial charge in [0.05, 0.1) is 17.8 Å². The van der Waals surface area contributed by atoms with Crippen LogP contribution in [0.2, 0.25) is 0 Å². The van der Waals surface area contributed by atoms with Gasteiger partial charge >= 0.3 is 0 Å². The third kappa shape index (κ3) is 5.05. The Kier molecular flexibility index (Phi) is 6.23. The molecule has 162 valence electrons. The first-order chi connectivity index (χ1) is 15.0. The predicted molar refractivity (Wildman–Crippen MR) is 124 cm³/mol. The monoisotopic (exact) mass is 436 g/mol. The van der Waals surface area contributed by atoms with Crippen LogP contribution in [0.1, 0.15) is 54.9 Å². The SMILES string of the molecule is CCCCC1(n2ccc(C(=O)NCC(=O)Nc3nc(-c4cccc(C)c4)cs3)c2)CC1. The van der Waals surface area contributed by atoms with Gasteiger partial charge in [-0.15, -0.1) is 11.3 Å². The molecular formula is C24H28N4O2S. The van der Waals surface area contributed by atoms with Crippen molar-refractivity contribution in [3.05, 3.63) is 59.2 Å². The molecule has 2 aromatic heterocycles. The van der Waals surface area contributed by atoms with Gasteiger partial charge in [0.25, 0.3) is 5.91 Å². The largest absolute Gasteiger partial charge is 0.347 e. The van der Waals surface area contributed by atoms with E-state index in [0.717, 1.165) is 23.2 Å². The number of amides is 2. The maximum absolute atomic E-state index is 12.5. The molecule has 1 aliphatic rings. The highest BCUT2D eigenvalue weighted by atomic mass is 32.1. The van der Waals surface area contributed by atoms with Crippen LogP contribution >= 0.6 is 11.3 Å². The van der Waals surface area contributed by atoms with Crippen molar-refractivity contribution < 1.29 is 9.59 Å². The van der Waals surface area contributed by atoms with E-state index in [1.165, 1.54) is 37.0 Å². The standard InChI is InChI=1S/C24H28N4O2S/c1-3-4-9-24(10-11-24)28-12-8-19(15-28)22(30)25-14-21(29)27-23-26-20(16-31-23)18-7-5-6-17(2)13-18/h5-8,12-13,15-16H,3-4,9-11,14H2,1-2H3,(H,25,30)(H,26,27,29). The molecule has 1 saturated carbocycles. The number of aryl methyl sites for hydroxylation is 1. The van der Waals surface area contributed by atoms with E-state index in [4.69, 9.17) is 0 Å². The molecule has 0 atom stereocenters. The van der Waals surface area contributed by atoms with Crippen molar-refractivity contribution in [2.24, 2.45) is 0 Å². The minimum Gasteiger partial charge on any atom is -0.347 e. The third-order valence-electron chi connectivity index (χ3n) is 5.80. The lowest BCUT2D eigenvalue weighted by Crippen LogP contribution is -2.32. The quantitative estimate of drug-likeness (QED) is 0.497. The Morgan fingerprint density at radius 2 is 2.10 bits per heavy atom. The number of anilines is 1. The molecule has 7 heteroatoms. The van der Waals surface area contributed by atoms with Crippen molar-refractivity contribution in [3.8, 4) is 11.3 Å². The van der Waals surface area contributed by atoms with E-state index in [9.17, 15) is 9.59 Å². The lowest BCUT2D eigenvalue weighted by Gasteiger charge is -2.17. The van der Waals surface area contributed by atoms with E-state index in [1.807, 2.05) is 49.0 Å². The highest BCUT2D eigenvalue weighted by Crippen LogP contribution is 2.47. The van der Waals surface area contributed by atoms with Crippen LogP contribution in [0.15, 0.2) is 48.1 Å². The number of carbonyl (C=O) groups excluding carboxylic acids is 2. The summed E-state index contributed by atoms with van der Waals surface area (Å²) in [6.45, 7) is 4.14. The van der Waals surface area contributed by atoms with Crippen LogP contribution in [-0.2, 0) is 10.3 Å². The van der Waals surface area contributed by atoms with Crippen molar-refractivity contribution >= 4 is 28.3 Å². The highest BCUT2D eigenvalue weighted by Gasteiger charge is 2.43. The molecule has 1 aromatic carbocycles. The molecule has 0 spiro atoms. The smallest absolute Gasteiger partial charge is 0.253 e. The summed E-state index contributed by atoms with van der Waals surface area (Å²) < 4.78 is 2.18. The Morgan fingerprint density at radius 1 is 1.26 bits per heavy atom. The van der Waals surface area contributed by atoms with Gasteiger partial charge in [-0.2, -0.15) is 0 Å². The summed E-state index contributed by atoms with van der Waals surface area (Å²) in [5.41, 5.74) is 3.79. The number of nitrogens with one attached hydrogen (secondary N) is 2. The molecule has 2 heterocycles. The second-order valence-corrected chi connectivity index (χ2v) is 9.13. The topological polar surface area (TPSA) is 76.0 Å². The second-order valence-electron chi connectivity index (χ2n) is 8.27. The zero-order valence-electron chi connectivity index (χ0n) is 18.0. The second kappa shape index (κ2) is 9.06. The number of hydrogen-bond acceptors (Lipinski definition) is 4. The van der Waals surface area contributed by atoms with E-state index in [2.05, 4.69) is 33.2 Å². The first-order valence-corrected chi connectivity index (χ1v) is 11.7. The number of rotatable bonds is 9. The maximum Gasteiger partial charge on any atom is 0.253 e. The Balaban J connectivity index is 1.29. The van der Waals surface area contributed by atoms with Gasteiger partial charge in [-0.3, -0.25) is 9.59 Å². The van der Waals surface area contributed by atoms with Crippen molar-refractivity contribution in [1.82, 2.24) is 14.9 Å². The molecule has 0 saturated heterocycles. The summed E-state index contributed by atoms with van der Waals surface area (Å²) in [5.74, 6) is -0.528. The first-order valence-electron chi connectivity index (χ1n) is 10.8. The number of unbranched alkanes of at least 4 members (excludes halogenated alkanes) is 1. The van der Waals surface area contributed by atoms with Gasteiger partial charge in [-0.05, 0) is 38.3 Å². The Labute approximate surface area is 186 Å². The van der Waals surface area contributed by atoms with Crippen LogP contribution in [0.3, 0.4) is 0 Å². The van der Waals surface area contributed by atoms with Gasteiger partial charge in [0, 0.05) is 28.9 Å². The third-order valence-corrected chi connectivity index (χ3v) is 6.56. The molecule has 0 bridgehead atoms. The minimum absolute atomic E-state index is 0.0929. The molecular weight excluding hydrogens is 408 g/mol. The van der Waals surface area contributed by atoms with Crippen LogP contribution < -0.4 is 10.6 Å². The lowest BCUT2D eigenvalue weighted by atomic mass is 10.1. The van der Waals surface area contributed by atoms with Crippen LogP contribution in [-0.4, -0.2) is 27.9 Å². The molecule has 0 unspecified atom stereocenters. The fourth-order valence-corrected chi connectivity index (χ4v) is 4.54. The van der Waals surface area contributed by atoms with Crippen LogP contribution in [0, 0.1) is 6.92 Å². The van der Waals surface area contributed by atoms with Gasteiger partial charge in [0.2, 0.25) is 5.91 Å². The van der Waals surface area contributed by atoms with Gasteiger partial charge in [-0.1, -0.05) is 43.5 Å². The average Bonchev–Trinajstić information content (AvgIpc) is 3.15. The zero-order chi connectivity index (χ0) is 21.8. The number of carbonyl (C=O) groups is 2. The van der Waals surface area contributed by atoms with E-state index >= 15 is 0 Å². The Hall–Kier alpha value is -2.93. The van der Waals surface area contributed by atoms with E-state index in [1.54, 1.807) is 0 Å². The zero-order valence-corrected chi connectivity index (χ0v) is 18.8. The van der Waals surface area contributed by atoms with Crippen LogP contribution in [0.5, 0.6) is 0 Å². The highest BCUT2D eigenvalue weighted by molar-refractivity contribution is 7.14. The van der Waals surface area contributed by atoms with E-state index in [-0.39, 0.29) is 23.9 Å². The van der Waals surface area contributed by atoms with Gasteiger partial charge in [-0.25, -0.2) is 4.98 Å². The Morgan fingerprint density at radius 3 is 2.84 bits per heavy atom. The summed E-state index contributed by atoms with van der Waals surface area (Å²) in [5, 5.41) is 7.91. The summed E-state index contributed by atoms with van der Waals surface area (Å²) in [7, 11) is 0. The molecule has 3 aromatic rings. The molecule has 2 N–H and O–H groups in total. The maximum atomic E-state index is 12.5. The summed E-state index contributed by atoms with van der Waals surface area (Å²) >= 11 is 1.37. The molecule has 0 aliphatic heterocycles. The van der Waals surface area contributed by atoms with Gasteiger partial charge in [0.15, 0.2) is 5.13 Å². The van der Waals surface area contributed by atoms with Crippen molar-refractivity contribution in [1.29, 1.82) is 0 Å². The number of thiazole rings is 1. The molecule has 31 heavy (non-hydrogen) atoms. The van der Waals surface area contributed by atoms with Crippen LogP contribution in [0.25, 0.3) is 11.3 Å². The molecule has 4 rings (SSSR count). The van der Waals surface area contributed by atoms with Gasteiger partial charge < -0.3 is 15.2 Å². The fourth-order valence-electron chi connectivity index (χ4n) is 3.81. The molecule has 6 nitrogen and oxygen atoms in total. The molecule has 0 radical (unpaired) electrons. The predicted octanol–water partition coefficient (Wildman–Crippen LogP) is 4.97. The molecule has 1 fully saturated rings. The Bertz CT molecular complexity index is 1080. The van der Waals surface area contributed by atoms with E-state index < -0.39 is 0 Å². The number of hydrogen-bond donors (Lipinski definition) is 2. The summed E-state index contributed by atoms with van der Waals surface area (Å²) in [6, 6.07) is 9.90. The molecule has 1 aliphatic carbocycles. The average molecular weight is 437 g/mol.